The SMILES string of the molecule is O=C(CC1CCCCO1)N[C@H](CO)Cc1ccccc1. The second kappa shape index (κ2) is 8.02. The van der Waals surface area contributed by atoms with Crippen LogP contribution >= 0.6 is 0 Å². The van der Waals surface area contributed by atoms with Crippen molar-refractivity contribution in [3.05, 3.63) is 35.9 Å². The van der Waals surface area contributed by atoms with E-state index in [2.05, 4.69) is 5.32 Å². The Balaban J connectivity index is 1.78. The summed E-state index contributed by atoms with van der Waals surface area (Å²) >= 11 is 0. The lowest BCUT2D eigenvalue weighted by Gasteiger charge is -2.23. The largest absolute Gasteiger partial charge is 0.394 e. The molecule has 4 heteroatoms. The lowest BCUT2D eigenvalue weighted by molar-refractivity contribution is -0.125. The van der Waals surface area contributed by atoms with E-state index in [4.69, 9.17) is 4.74 Å². The van der Waals surface area contributed by atoms with Crippen LogP contribution in [0.1, 0.15) is 31.2 Å². The van der Waals surface area contributed by atoms with Crippen molar-refractivity contribution < 1.29 is 14.6 Å². The Morgan fingerprint density at radius 2 is 2.15 bits per heavy atom. The van der Waals surface area contributed by atoms with E-state index in [0.29, 0.717) is 12.8 Å². The molecule has 1 aliphatic heterocycles. The van der Waals surface area contributed by atoms with E-state index < -0.39 is 0 Å². The average Bonchev–Trinajstić information content (AvgIpc) is 2.48. The van der Waals surface area contributed by atoms with Crippen LogP contribution in [0.25, 0.3) is 0 Å². The van der Waals surface area contributed by atoms with Crippen molar-refractivity contribution in [3.63, 3.8) is 0 Å². The molecular formula is C16H23NO3. The van der Waals surface area contributed by atoms with Gasteiger partial charge in [-0.05, 0) is 31.2 Å². The first-order chi connectivity index (χ1) is 9.78. The van der Waals surface area contributed by atoms with Gasteiger partial charge in [-0.1, -0.05) is 30.3 Å². The lowest BCUT2D eigenvalue weighted by Crippen LogP contribution is -2.41. The van der Waals surface area contributed by atoms with Crippen molar-refractivity contribution in [2.75, 3.05) is 13.2 Å². The fraction of sp³-hybridized carbons (Fsp3) is 0.562. The van der Waals surface area contributed by atoms with Gasteiger partial charge in [-0.25, -0.2) is 0 Å². The first-order valence-corrected chi connectivity index (χ1v) is 7.33. The normalized spacial score (nSPS) is 20.4. The molecule has 2 N–H and O–H groups in total. The number of carbonyl (C=O) groups is 1. The Bertz CT molecular complexity index is 401. The third-order valence-corrected chi connectivity index (χ3v) is 3.60. The molecule has 4 nitrogen and oxygen atoms in total. The van der Waals surface area contributed by atoms with Gasteiger partial charge >= 0.3 is 0 Å². The number of hydrogen-bond donors (Lipinski definition) is 2. The van der Waals surface area contributed by atoms with Crippen molar-refractivity contribution in [1.82, 2.24) is 5.32 Å². The Kier molecular flexibility index (Phi) is 6.02. The van der Waals surface area contributed by atoms with E-state index >= 15 is 0 Å². The predicted octanol–water partition coefficient (Wildman–Crippen LogP) is 1.67. The molecule has 1 aromatic carbocycles. The highest BCUT2D eigenvalue weighted by Crippen LogP contribution is 2.15. The molecule has 0 saturated carbocycles. The number of ether oxygens (including phenoxy) is 1. The number of aliphatic hydroxyl groups excluding tert-OH is 1. The summed E-state index contributed by atoms with van der Waals surface area (Å²) in [5.74, 6) is -0.0353. The number of benzene rings is 1. The summed E-state index contributed by atoms with van der Waals surface area (Å²) in [6, 6.07) is 9.64. The standard InChI is InChI=1S/C16H23NO3/c18-12-14(10-13-6-2-1-3-7-13)17-16(19)11-15-8-4-5-9-20-15/h1-3,6-7,14-15,18H,4-5,8-12H2,(H,17,19)/t14-,15?/m0/s1. The van der Waals surface area contributed by atoms with Crippen LogP contribution in [-0.2, 0) is 16.0 Å². The highest BCUT2D eigenvalue weighted by Gasteiger charge is 2.19. The summed E-state index contributed by atoms with van der Waals surface area (Å²) in [7, 11) is 0. The van der Waals surface area contributed by atoms with E-state index in [-0.39, 0.29) is 24.7 Å². The van der Waals surface area contributed by atoms with Crippen molar-refractivity contribution in [2.24, 2.45) is 0 Å². The van der Waals surface area contributed by atoms with Crippen LogP contribution in [0.3, 0.4) is 0 Å². The van der Waals surface area contributed by atoms with E-state index in [9.17, 15) is 9.90 Å². The number of amides is 1. The third kappa shape index (κ3) is 4.94. The van der Waals surface area contributed by atoms with Gasteiger partial charge < -0.3 is 15.2 Å². The molecule has 1 amide bonds. The van der Waals surface area contributed by atoms with Gasteiger partial charge in [0, 0.05) is 6.61 Å². The van der Waals surface area contributed by atoms with Crippen LogP contribution in [0.5, 0.6) is 0 Å². The van der Waals surface area contributed by atoms with Crippen LogP contribution in [0.4, 0.5) is 0 Å². The summed E-state index contributed by atoms with van der Waals surface area (Å²) in [6.07, 6.45) is 4.26. The van der Waals surface area contributed by atoms with Crippen LogP contribution in [0.15, 0.2) is 30.3 Å². The molecule has 1 unspecified atom stereocenters. The maximum Gasteiger partial charge on any atom is 0.222 e. The van der Waals surface area contributed by atoms with E-state index in [0.717, 1.165) is 31.4 Å². The van der Waals surface area contributed by atoms with Gasteiger partial charge in [0.2, 0.25) is 5.91 Å². The molecule has 1 aromatic rings. The maximum absolute atomic E-state index is 12.0. The molecule has 0 aliphatic carbocycles. The van der Waals surface area contributed by atoms with Crippen molar-refractivity contribution in [3.8, 4) is 0 Å². The van der Waals surface area contributed by atoms with E-state index in [1.54, 1.807) is 0 Å². The molecule has 1 saturated heterocycles. The first kappa shape index (κ1) is 15.0. The molecule has 0 spiro atoms. The summed E-state index contributed by atoms with van der Waals surface area (Å²) in [4.78, 5) is 12.0. The summed E-state index contributed by atoms with van der Waals surface area (Å²) in [5, 5.41) is 12.3. The third-order valence-electron chi connectivity index (χ3n) is 3.60. The van der Waals surface area contributed by atoms with Crippen LogP contribution in [0.2, 0.25) is 0 Å². The molecule has 1 heterocycles. The zero-order chi connectivity index (χ0) is 14.2. The Hall–Kier alpha value is -1.39. The van der Waals surface area contributed by atoms with Crippen molar-refractivity contribution in [1.29, 1.82) is 0 Å². The zero-order valence-corrected chi connectivity index (χ0v) is 11.8. The Morgan fingerprint density at radius 1 is 1.35 bits per heavy atom. The fourth-order valence-electron chi connectivity index (χ4n) is 2.52. The second-order valence-corrected chi connectivity index (χ2v) is 5.33. The van der Waals surface area contributed by atoms with Crippen LogP contribution < -0.4 is 5.32 Å². The number of hydrogen-bond acceptors (Lipinski definition) is 3. The Morgan fingerprint density at radius 3 is 2.80 bits per heavy atom. The molecule has 20 heavy (non-hydrogen) atoms. The highest BCUT2D eigenvalue weighted by molar-refractivity contribution is 5.76. The second-order valence-electron chi connectivity index (χ2n) is 5.33. The number of rotatable bonds is 6. The minimum absolute atomic E-state index is 0.0353. The van der Waals surface area contributed by atoms with E-state index in [1.165, 1.54) is 0 Å². The molecule has 1 aliphatic rings. The Labute approximate surface area is 120 Å². The predicted molar refractivity (Wildman–Crippen MR) is 77.4 cm³/mol. The summed E-state index contributed by atoms with van der Waals surface area (Å²) in [6.45, 7) is 0.706. The maximum atomic E-state index is 12.0. The van der Waals surface area contributed by atoms with Gasteiger partial charge in [0.25, 0.3) is 0 Å². The summed E-state index contributed by atoms with van der Waals surface area (Å²) in [5.41, 5.74) is 1.11. The minimum atomic E-state index is -0.228. The van der Waals surface area contributed by atoms with Crippen molar-refractivity contribution >= 4 is 5.91 Å². The number of carbonyl (C=O) groups excluding carboxylic acids is 1. The fourth-order valence-corrected chi connectivity index (χ4v) is 2.52. The lowest BCUT2D eigenvalue weighted by atomic mass is 10.0. The minimum Gasteiger partial charge on any atom is -0.394 e. The van der Waals surface area contributed by atoms with Gasteiger partial charge in [-0.15, -0.1) is 0 Å². The quantitative estimate of drug-likeness (QED) is 0.831. The molecule has 0 aromatic heterocycles. The molecule has 110 valence electrons. The smallest absolute Gasteiger partial charge is 0.222 e. The van der Waals surface area contributed by atoms with Gasteiger partial charge in [0.15, 0.2) is 0 Å². The number of nitrogens with one attached hydrogen (secondary N) is 1. The summed E-state index contributed by atoms with van der Waals surface area (Å²) < 4.78 is 5.56. The molecule has 0 radical (unpaired) electrons. The molecular weight excluding hydrogens is 254 g/mol. The van der Waals surface area contributed by atoms with Crippen LogP contribution in [0, 0.1) is 0 Å². The van der Waals surface area contributed by atoms with Gasteiger partial charge in [-0.3, -0.25) is 4.79 Å². The molecule has 2 rings (SSSR count). The molecule has 1 fully saturated rings. The van der Waals surface area contributed by atoms with E-state index in [1.807, 2.05) is 30.3 Å². The van der Waals surface area contributed by atoms with Crippen LogP contribution in [-0.4, -0.2) is 36.4 Å². The monoisotopic (exact) mass is 277 g/mol. The topological polar surface area (TPSA) is 58.6 Å². The van der Waals surface area contributed by atoms with Gasteiger partial charge in [0.1, 0.15) is 0 Å². The zero-order valence-electron chi connectivity index (χ0n) is 11.8. The van der Waals surface area contributed by atoms with Gasteiger partial charge in [0.05, 0.1) is 25.2 Å². The first-order valence-electron chi connectivity index (χ1n) is 7.33. The highest BCUT2D eigenvalue weighted by atomic mass is 16.5. The average molecular weight is 277 g/mol. The number of aliphatic hydroxyl groups is 1. The molecule has 2 atom stereocenters. The molecule has 0 bridgehead atoms. The van der Waals surface area contributed by atoms with Crippen molar-refractivity contribution in [2.45, 2.75) is 44.2 Å². The van der Waals surface area contributed by atoms with Gasteiger partial charge in [-0.2, -0.15) is 0 Å².